The molecule has 3 rings (SSSR count). The Morgan fingerprint density at radius 1 is 1.14 bits per heavy atom. The number of carbonyl (C=O) groups excluding carboxylic acids is 1. The van der Waals surface area contributed by atoms with Crippen LogP contribution in [0.3, 0.4) is 0 Å². The third kappa shape index (κ3) is 4.11. The van der Waals surface area contributed by atoms with Gasteiger partial charge in [0.15, 0.2) is 11.5 Å². The first-order valence-electron chi connectivity index (χ1n) is 9.07. The molecule has 28 heavy (non-hydrogen) atoms. The van der Waals surface area contributed by atoms with Gasteiger partial charge in [-0.3, -0.25) is 0 Å². The zero-order valence-corrected chi connectivity index (χ0v) is 16.9. The highest BCUT2D eigenvalue weighted by Gasteiger charge is 2.29. The van der Waals surface area contributed by atoms with E-state index in [0.29, 0.717) is 36.7 Å². The summed E-state index contributed by atoms with van der Waals surface area (Å²) in [5, 5.41) is 0. The van der Waals surface area contributed by atoms with Crippen LogP contribution in [0.2, 0.25) is 0 Å². The van der Waals surface area contributed by atoms with Crippen molar-refractivity contribution in [1.82, 2.24) is 14.9 Å². The van der Waals surface area contributed by atoms with Gasteiger partial charge < -0.3 is 24.8 Å². The molecule has 0 fully saturated rings. The van der Waals surface area contributed by atoms with Crippen LogP contribution >= 0.6 is 0 Å². The van der Waals surface area contributed by atoms with Crippen molar-refractivity contribution in [2.45, 2.75) is 39.3 Å². The van der Waals surface area contributed by atoms with E-state index in [2.05, 4.69) is 9.97 Å². The summed E-state index contributed by atoms with van der Waals surface area (Å²) in [7, 11) is 3.16. The molecule has 1 aromatic carbocycles. The summed E-state index contributed by atoms with van der Waals surface area (Å²) in [5.41, 5.74) is 8.58. The van der Waals surface area contributed by atoms with Crippen LogP contribution in [0.1, 0.15) is 32.0 Å². The molecule has 0 aliphatic carbocycles. The average Bonchev–Trinajstić information content (AvgIpc) is 2.65. The molecule has 2 N–H and O–H groups in total. The van der Waals surface area contributed by atoms with Gasteiger partial charge in [-0.1, -0.05) is 0 Å². The lowest BCUT2D eigenvalue weighted by atomic mass is 9.99. The van der Waals surface area contributed by atoms with E-state index in [1.54, 1.807) is 19.1 Å². The normalized spacial score (nSPS) is 13.7. The van der Waals surface area contributed by atoms with Crippen LogP contribution in [0.4, 0.5) is 10.7 Å². The fourth-order valence-corrected chi connectivity index (χ4v) is 3.14. The summed E-state index contributed by atoms with van der Waals surface area (Å²) < 4.78 is 16.2. The number of benzene rings is 1. The standard InChI is InChI=1S/C20H26N4O4/c1-20(2,3)28-19(25)24-9-8-14-13(11-24)17(23-18(21)22-14)12-6-7-15(26-4)16(10-12)27-5/h6-7,10H,8-9,11H2,1-5H3,(H2,21,22,23). The first kappa shape index (κ1) is 19.7. The highest BCUT2D eigenvalue weighted by atomic mass is 16.6. The number of anilines is 1. The van der Waals surface area contributed by atoms with Crippen molar-refractivity contribution in [1.29, 1.82) is 0 Å². The van der Waals surface area contributed by atoms with Gasteiger partial charge in [0.1, 0.15) is 5.60 Å². The summed E-state index contributed by atoms with van der Waals surface area (Å²) in [6, 6.07) is 5.54. The Bertz CT molecular complexity index is 893. The average molecular weight is 386 g/mol. The molecule has 0 spiro atoms. The molecule has 8 nitrogen and oxygen atoms in total. The van der Waals surface area contributed by atoms with Crippen LogP contribution in [0.25, 0.3) is 11.3 Å². The number of ether oxygens (including phenoxy) is 3. The number of hydrogen-bond donors (Lipinski definition) is 1. The second-order valence-electron chi connectivity index (χ2n) is 7.58. The van der Waals surface area contributed by atoms with Crippen LogP contribution in [0.5, 0.6) is 11.5 Å². The van der Waals surface area contributed by atoms with Gasteiger partial charge in [-0.25, -0.2) is 14.8 Å². The topological polar surface area (TPSA) is 99.8 Å². The Balaban J connectivity index is 2.00. The predicted octanol–water partition coefficient (Wildman–Crippen LogP) is 3.04. The number of hydrogen-bond acceptors (Lipinski definition) is 7. The van der Waals surface area contributed by atoms with E-state index in [1.165, 1.54) is 0 Å². The molecule has 1 amide bonds. The first-order valence-corrected chi connectivity index (χ1v) is 9.07. The number of amides is 1. The molecule has 2 heterocycles. The van der Waals surface area contributed by atoms with E-state index >= 15 is 0 Å². The molecule has 150 valence electrons. The maximum atomic E-state index is 12.5. The molecule has 2 aromatic rings. The van der Waals surface area contributed by atoms with Gasteiger partial charge in [0, 0.05) is 24.1 Å². The largest absolute Gasteiger partial charge is 0.493 e. The number of nitrogens with two attached hydrogens (primary N) is 1. The molecule has 0 saturated carbocycles. The van der Waals surface area contributed by atoms with Crippen LogP contribution in [-0.2, 0) is 17.7 Å². The van der Waals surface area contributed by atoms with Gasteiger partial charge in [-0.15, -0.1) is 0 Å². The van der Waals surface area contributed by atoms with Gasteiger partial charge in [0.2, 0.25) is 5.95 Å². The number of methoxy groups -OCH3 is 2. The third-order valence-electron chi connectivity index (χ3n) is 4.39. The molecule has 0 radical (unpaired) electrons. The van der Waals surface area contributed by atoms with Crippen molar-refractivity contribution in [3.8, 4) is 22.8 Å². The maximum absolute atomic E-state index is 12.5. The van der Waals surface area contributed by atoms with E-state index in [1.807, 2.05) is 39.0 Å². The van der Waals surface area contributed by atoms with E-state index < -0.39 is 5.60 Å². The fourth-order valence-electron chi connectivity index (χ4n) is 3.14. The SMILES string of the molecule is COc1ccc(-c2nc(N)nc3c2CN(C(=O)OC(C)(C)C)CC3)cc1OC. The van der Waals surface area contributed by atoms with Crippen molar-refractivity contribution in [3.63, 3.8) is 0 Å². The van der Waals surface area contributed by atoms with Crippen molar-refractivity contribution >= 4 is 12.0 Å². The van der Waals surface area contributed by atoms with E-state index in [0.717, 1.165) is 16.8 Å². The highest BCUT2D eigenvalue weighted by Crippen LogP contribution is 2.35. The van der Waals surface area contributed by atoms with Gasteiger partial charge in [-0.2, -0.15) is 0 Å². The summed E-state index contributed by atoms with van der Waals surface area (Å²) in [6.07, 6.45) is 0.231. The third-order valence-corrected chi connectivity index (χ3v) is 4.39. The van der Waals surface area contributed by atoms with Crippen LogP contribution in [-0.4, -0.2) is 47.3 Å². The highest BCUT2D eigenvalue weighted by molar-refractivity contribution is 5.72. The van der Waals surface area contributed by atoms with Gasteiger partial charge in [0.25, 0.3) is 0 Å². The van der Waals surface area contributed by atoms with Crippen molar-refractivity contribution < 1.29 is 19.0 Å². The minimum absolute atomic E-state index is 0.203. The lowest BCUT2D eigenvalue weighted by molar-refractivity contribution is 0.0223. The lowest BCUT2D eigenvalue weighted by Gasteiger charge is -2.31. The minimum atomic E-state index is -0.554. The molecule has 8 heteroatoms. The Hall–Kier alpha value is -3.03. The van der Waals surface area contributed by atoms with Gasteiger partial charge >= 0.3 is 6.09 Å². The molecule has 0 unspecified atom stereocenters. The minimum Gasteiger partial charge on any atom is -0.493 e. The molecule has 1 aromatic heterocycles. The molecule has 1 aliphatic rings. The second-order valence-corrected chi connectivity index (χ2v) is 7.58. The van der Waals surface area contributed by atoms with Crippen LogP contribution in [0.15, 0.2) is 18.2 Å². The molecule has 1 aliphatic heterocycles. The number of rotatable bonds is 3. The summed E-state index contributed by atoms with van der Waals surface area (Å²) >= 11 is 0. The summed E-state index contributed by atoms with van der Waals surface area (Å²) in [4.78, 5) is 23.0. The summed E-state index contributed by atoms with van der Waals surface area (Å²) in [5.74, 6) is 1.41. The van der Waals surface area contributed by atoms with Crippen molar-refractivity contribution in [3.05, 3.63) is 29.5 Å². The first-order chi connectivity index (χ1) is 13.2. The van der Waals surface area contributed by atoms with E-state index in [-0.39, 0.29) is 12.0 Å². The molecular formula is C20H26N4O4. The number of aromatic nitrogens is 2. The van der Waals surface area contributed by atoms with Crippen LogP contribution < -0.4 is 15.2 Å². The quantitative estimate of drug-likeness (QED) is 0.865. The number of fused-ring (bicyclic) bond motifs is 1. The Kier molecular flexibility index (Phi) is 5.31. The summed E-state index contributed by atoms with van der Waals surface area (Å²) in [6.45, 7) is 6.42. The van der Waals surface area contributed by atoms with E-state index in [9.17, 15) is 4.79 Å². The Morgan fingerprint density at radius 2 is 1.86 bits per heavy atom. The smallest absolute Gasteiger partial charge is 0.410 e. The number of carbonyl (C=O) groups is 1. The van der Waals surface area contributed by atoms with Gasteiger partial charge in [0.05, 0.1) is 32.2 Å². The number of nitrogens with zero attached hydrogens (tertiary/aromatic N) is 3. The van der Waals surface area contributed by atoms with Crippen molar-refractivity contribution in [2.75, 3.05) is 26.5 Å². The Morgan fingerprint density at radius 3 is 2.50 bits per heavy atom. The second kappa shape index (κ2) is 7.53. The van der Waals surface area contributed by atoms with E-state index in [4.69, 9.17) is 19.9 Å². The molecule has 0 saturated heterocycles. The molecular weight excluding hydrogens is 360 g/mol. The maximum Gasteiger partial charge on any atom is 0.410 e. The van der Waals surface area contributed by atoms with Gasteiger partial charge in [-0.05, 0) is 39.0 Å². The fraction of sp³-hybridized carbons (Fsp3) is 0.450. The van der Waals surface area contributed by atoms with Crippen molar-refractivity contribution in [2.24, 2.45) is 0 Å². The monoisotopic (exact) mass is 386 g/mol. The molecule has 0 bridgehead atoms. The Labute approximate surface area is 164 Å². The number of nitrogen functional groups attached to an aromatic ring is 1. The predicted molar refractivity (Wildman–Crippen MR) is 105 cm³/mol. The van der Waals surface area contributed by atoms with Crippen LogP contribution in [0, 0.1) is 0 Å². The molecule has 0 atom stereocenters. The zero-order chi connectivity index (χ0) is 20.5. The lowest BCUT2D eigenvalue weighted by Crippen LogP contribution is -2.40. The zero-order valence-electron chi connectivity index (χ0n) is 16.9.